The van der Waals surface area contributed by atoms with Gasteiger partial charge in [0.2, 0.25) is 0 Å². The van der Waals surface area contributed by atoms with Crippen LogP contribution in [-0.4, -0.2) is 29.5 Å². The minimum Gasteiger partial charge on any atom is -0.404 e. The summed E-state index contributed by atoms with van der Waals surface area (Å²) >= 11 is 0. The first-order chi connectivity index (χ1) is 8.17. The Hall–Kier alpha value is -1.40. The van der Waals surface area contributed by atoms with E-state index in [1.807, 2.05) is 0 Å². The third-order valence-corrected chi connectivity index (χ3v) is 3.42. The number of hydrogen-bond acceptors (Lipinski definition) is 5. The smallest absolute Gasteiger partial charge is 0.404 e. The molecule has 0 bridgehead atoms. The minimum atomic E-state index is -0.508. The lowest BCUT2D eigenvalue weighted by atomic mass is 9.98. The summed E-state index contributed by atoms with van der Waals surface area (Å²) in [5, 5.41) is 10.6. The summed E-state index contributed by atoms with van der Waals surface area (Å²) < 4.78 is 5.30. The second-order valence-corrected chi connectivity index (χ2v) is 4.29. The fourth-order valence-corrected chi connectivity index (χ4v) is 2.54. The van der Waals surface area contributed by atoms with Gasteiger partial charge in [0.1, 0.15) is 10.7 Å². The highest BCUT2D eigenvalue weighted by atomic mass is 16.6. The number of rotatable bonds is 4. The monoisotopic (exact) mass is 239 g/mol. The van der Waals surface area contributed by atoms with Gasteiger partial charge < -0.3 is 10.2 Å². The number of nitrogens with zero attached hydrogens (tertiary/aromatic N) is 2. The third-order valence-electron chi connectivity index (χ3n) is 3.42. The van der Waals surface area contributed by atoms with Gasteiger partial charge in [-0.15, -0.1) is 0 Å². The molecular formula is C11H17N3O3. The van der Waals surface area contributed by atoms with E-state index < -0.39 is 4.92 Å². The van der Waals surface area contributed by atoms with E-state index in [9.17, 15) is 10.1 Å². The molecule has 2 atom stereocenters. The van der Waals surface area contributed by atoms with E-state index in [-0.39, 0.29) is 11.9 Å². The topological polar surface area (TPSA) is 85.5 Å². The Morgan fingerprint density at radius 2 is 2.41 bits per heavy atom. The molecule has 2 rings (SSSR count). The van der Waals surface area contributed by atoms with Crippen LogP contribution in [0.15, 0.2) is 16.5 Å². The minimum absolute atomic E-state index is 0.0821. The molecule has 17 heavy (non-hydrogen) atoms. The zero-order valence-electron chi connectivity index (χ0n) is 9.83. The van der Waals surface area contributed by atoms with E-state index in [1.54, 1.807) is 6.07 Å². The molecule has 1 fully saturated rings. The van der Waals surface area contributed by atoms with Gasteiger partial charge in [-0.2, -0.15) is 0 Å². The largest absolute Gasteiger partial charge is 0.433 e. The van der Waals surface area contributed by atoms with Crippen molar-refractivity contribution in [1.29, 1.82) is 0 Å². The highest BCUT2D eigenvalue weighted by molar-refractivity contribution is 5.21. The fraction of sp³-hybridized carbons (Fsp3) is 0.636. The Bertz CT molecular complexity index is 392. The summed E-state index contributed by atoms with van der Waals surface area (Å²) in [6.45, 7) is 4.52. The van der Waals surface area contributed by atoms with E-state index in [0.717, 1.165) is 19.5 Å². The van der Waals surface area contributed by atoms with Gasteiger partial charge in [0, 0.05) is 0 Å². The number of hydrogen-bond donors (Lipinski definition) is 1. The van der Waals surface area contributed by atoms with Crippen LogP contribution in [0.1, 0.15) is 25.1 Å². The molecule has 0 spiro atoms. The summed E-state index contributed by atoms with van der Waals surface area (Å²) in [6, 6.07) is 3.19. The zero-order valence-corrected chi connectivity index (χ0v) is 9.83. The van der Waals surface area contributed by atoms with Crippen molar-refractivity contribution in [3.05, 3.63) is 28.0 Å². The van der Waals surface area contributed by atoms with Crippen LogP contribution in [0, 0.1) is 16.0 Å². The van der Waals surface area contributed by atoms with Crippen LogP contribution in [0.2, 0.25) is 0 Å². The molecule has 1 aliphatic rings. The molecule has 1 aliphatic heterocycles. The number of likely N-dealkylation sites (tertiary alicyclic amines) is 1. The van der Waals surface area contributed by atoms with Crippen LogP contribution in [0.4, 0.5) is 5.88 Å². The zero-order chi connectivity index (χ0) is 12.4. The quantitative estimate of drug-likeness (QED) is 0.636. The van der Waals surface area contributed by atoms with Crippen molar-refractivity contribution < 1.29 is 9.34 Å². The lowest BCUT2D eigenvalue weighted by Crippen LogP contribution is -2.27. The average Bonchev–Trinajstić information content (AvgIpc) is 2.94. The van der Waals surface area contributed by atoms with Gasteiger partial charge in [-0.05, 0) is 38.0 Å². The van der Waals surface area contributed by atoms with Gasteiger partial charge in [-0.3, -0.25) is 15.0 Å². The maximum atomic E-state index is 10.6. The van der Waals surface area contributed by atoms with Gasteiger partial charge in [0.15, 0.2) is 0 Å². The predicted octanol–water partition coefficient (Wildman–Crippen LogP) is 1.53. The second kappa shape index (κ2) is 4.85. The van der Waals surface area contributed by atoms with Crippen LogP contribution in [-0.2, 0) is 0 Å². The van der Waals surface area contributed by atoms with Gasteiger partial charge in [-0.1, -0.05) is 6.92 Å². The molecule has 2 N–H and O–H groups in total. The molecule has 2 unspecified atom stereocenters. The van der Waals surface area contributed by atoms with E-state index in [2.05, 4.69) is 11.8 Å². The van der Waals surface area contributed by atoms with E-state index >= 15 is 0 Å². The molecule has 0 amide bonds. The molecule has 1 aromatic rings. The molecular weight excluding hydrogens is 222 g/mol. The van der Waals surface area contributed by atoms with Gasteiger partial charge >= 0.3 is 5.88 Å². The first-order valence-electron chi connectivity index (χ1n) is 5.85. The van der Waals surface area contributed by atoms with Gasteiger partial charge in [0.05, 0.1) is 12.1 Å². The Kier molecular flexibility index (Phi) is 3.44. The maximum Gasteiger partial charge on any atom is 0.433 e. The van der Waals surface area contributed by atoms with Crippen molar-refractivity contribution in [3.8, 4) is 0 Å². The third kappa shape index (κ3) is 2.18. The first-order valence-corrected chi connectivity index (χ1v) is 5.85. The number of furan rings is 1. The number of nitro groups is 1. The van der Waals surface area contributed by atoms with Crippen LogP contribution in [0.3, 0.4) is 0 Å². The van der Waals surface area contributed by atoms with E-state index in [4.69, 9.17) is 10.2 Å². The van der Waals surface area contributed by atoms with Crippen LogP contribution >= 0.6 is 0 Å². The van der Waals surface area contributed by atoms with Crippen LogP contribution in [0.25, 0.3) is 0 Å². The van der Waals surface area contributed by atoms with Gasteiger partial charge in [-0.25, -0.2) is 0 Å². The number of nitrogens with two attached hydrogens (primary N) is 1. The normalized spacial score (nSPS) is 25.3. The van der Waals surface area contributed by atoms with Crippen LogP contribution in [0.5, 0.6) is 0 Å². The summed E-state index contributed by atoms with van der Waals surface area (Å²) in [5.74, 6) is 0.783. The molecule has 0 aliphatic carbocycles. The summed E-state index contributed by atoms with van der Waals surface area (Å²) in [5.41, 5.74) is 5.74. The lowest BCUT2D eigenvalue weighted by Gasteiger charge is -2.24. The predicted molar refractivity (Wildman–Crippen MR) is 62.5 cm³/mol. The van der Waals surface area contributed by atoms with Crippen LogP contribution < -0.4 is 5.73 Å². The van der Waals surface area contributed by atoms with E-state index in [0.29, 0.717) is 18.2 Å². The van der Waals surface area contributed by atoms with Crippen molar-refractivity contribution in [2.45, 2.75) is 19.4 Å². The molecule has 94 valence electrons. The summed E-state index contributed by atoms with van der Waals surface area (Å²) in [4.78, 5) is 12.3. The molecule has 0 saturated carbocycles. The molecule has 2 heterocycles. The van der Waals surface area contributed by atoms with Crippen molar-refractivity contribution in [3.63, 3.8) is 0 Å². The molecule has 0 radical (unpaired) electrons. The highest BCUT2D eigenvalue weighted by Crippen LogP contribution is 2.38. The Balaban J connectivity index is 2.25. The van der Waals surface area contributed by atoms with Crippen molar-refractivity contribution in [2.75, 3.05) is 19.6 Å². The van der Waals surface area contributed by atoms with E-state index in [1.165, 1.54) is 6.07 Å². The summed E-state index contributed by atoms with van der Waals surface area (Å²) in [7, 11) is 0. The molecule has 6 nitrogen and oxygen atoms in total. The Labute approximate surface area is 99.5 Å². The highest BCUT2D eigenvalue weighted by Gasteiger charge is 2.36. The fourth-order valence-electron chi connectivity index (χ4n) is 2.54. The summed E-state index contributed by atoms with van der Waals surface area (Å²) in [6.07, 6.45) is 1.02. The molecule has 1 aromatic heterocycles. The molecule has 6 heteroatoms. The average molecular weight is 239 g/mol. The van der Waals surface area contributed by atoms with Crippen molar-refractivity contribution in [2.24, 2.45) is 11.7 Å². The van der Waals surface area contributed by atoms with Crippen molar-refractivity contribution in [1.82, 2.24) is 4.90 Å². The standard InChI is InChI=1S/C11H17N3O3/c1-2-13-6-5-8(7-12)11(13)9-3-4-10(17-9)14(15)16/h3-4,8,11H,2,5-7,12H2,1H3. The van der Waals surface area contributed by atoms with Gasteiger partial charge in [0.25, 0.3) is 0 Å². The lowest BCUT2D eigenvalue weighted by molar-refractivity contribution is -0.402. The molecule has 1 saturated heterocycles. The SMILES string of the molecule is CCN1CCC(CN)C1c1ccc([N+](=O)[O-])o1. The maximum absolute atomic E-state index is 10.6. The van der Waals surface area contributed by atoms with Crippen molar-refractivity contribution >= 4 is 5.88 Å². The second-order valence-electron chi connectivity index (χ2n) is 4.29. The Morgan fingerprint density at radius 3 is 2.94 bits per heavy atom. The Morgan fingerprint density at radius 1 is 1.65 bits per heavy atom. The first kappa shape index (κ1) is 12.1. The molecule has 0 aromatic carbocycles.